The Morgan fingerprint density at radius 2 is 1.47 bits per heavy atom. The SMILES string of the molecule is CC(NC(=O)N1CCOCC1)(C(F)(F)F)C(F)(F)F. The van der Waals surface area contributed by atoms with Crippen LogP contribution in [0.15, 0.2) is 0 Å². The Morgan fingerprint density at radius 1 is 1.05 bits per heavy atom. The lowest BCUT2D eigenvalue weighted by atomic mass is 10.0. The van der Waals surface area contributed by atoms with Gasteiger partial charge in [0.1, 0.15) is 0 Å². The Bertz CT molecular complexity index is 321. The molecule has 0 aliphatic carbocycles. The van der Waals surface area contributed by atoms with Crippen molar-refractivity contribution in [2.24, 2.45) is 0 Å². The molecule has 0 saturated carbocycles. The van der Waals surface area contributed by atoms with Crippen LogP contribution in [-0.2, 0) is 4.74 Å². The number of carbonyl (C=O) groups is 1. The molecule has 1 heterocycles. The van der Waals surface area contributed by atoms with E-state index in [9.17, 15) is 31.1 Å². The van der Waals surface area contributed by atoms with Crippen molar-refractivity contribution in [3.63, 3.8) is 0 Å². The van der Waals surface area contributed by atoms with Gasteiger partial charge in [-0.3, -0.25) is 0 Å². The third-order valence-corrected chi connectivity index (χ3v) is 2.79. The number of nitrogens with one attached hydrogen (secondary N) is 1. The van der Waals surface area contributed by atoms with Gasteiger partial charge in [-0.25, -0.2) is 4.79 Å². The van der Waals surface area contributed by atoms with Crippen molar-refractivity contribution in [3.8, 4) is 0 Å². The Hall–Kier alpha value is -1.19. The van der Waals surface area contributed by atoms with Gasteiger partial charge in [-0.1, -0.05) is 0 Å². The van der Waals surface area contributed by atoms with E-state index in [0.29, 0.717) is 0 Å². The molecule has 0 bridgehead atoms. The predicted molar refractivity (Wildman–Crippen MR) is 51.4 cm³/mol. The van der Waals surface area contributed by atoms with Crippen LogP contribution in [0.1, 0.15) is 6.92 Å². The maximum absolute atomic E-state index is 12.5. The minimum Gasteiger partial charge on any atom is -0.378 e. The molecular formula is C9H12F6N2O2. The van der Waals surface area contributed by atoms with Crippen molar-refractivity contribution in [1.29, 1.82) is 0 Å². The number of hydrogen-bond acceptors (Lipinski definition) is 2. The minimum absolute atomic E-state index is 0.0579. The van der Waals surface area contributed by atoms with E-state index in [4.69, 9.17) is 4.74 Å². The molecule has 1 fully saturated rings. The summed E-state index contributed by atoms with van der Waals surface area (Å²) in [5.74, 6) is 0. The molecule has 1 N–H and O–H groups in total. The first-order valence-corrected chi connectivity index (χ1v) is 5.27. The summed E-state index contributed by atoms with van der Waals surface area (Å²) in [7, 11) is 0. The average molecular weight is 294 g/mol. The molecule has 1 aliphatic heterocycles. The molecule has 2 amide bonds. The van der Waals surface area contributed by atoms with Crippen LogP contribution in [0, 0.1) is 0 Å². The van der Waals surface area contributed by atoms with Gasteiger partial charge >= 0.3 is 18.4 Å². The van der Waals surface area contributed by atoms with E-state index >= 15 is 0 Å². The third-order valence-electron chi connectivity index (χ3n) is 2.79. The zero-order valence-electron chi connectivity index (χ0n) is 9.86. The van der Waals surface area contributed by atoms with Crippen molar-refractivity contribution in [2.45, 2.75) is 24.8 Å². The van der Waals surface area contributed by atoms with E-state index in [1.54, 1.807) is 0 Å². The van der Waals surface area contributed by atoms with E-state index in [1.807, 2.05) is 0 Å². The molecule has 4 nitrogen and oxygen atoms in total. The van der Waals surface area contributed by atoms with Crippen LogP contribution in [0.2, 0.25) is 0 Å². The van der Waals surface area contributed by atoms with E-state index in [-0.39, 0.29) is 33.2 Å². The number of urea groups is 1. The molecule has 0 unspecified atom stereocenters. The third kappa shape index (κ3) is 3.23. The van der Waals surface area contributed by atoms with Crippen LogP contribution in [0.3, 0.4) is 0 Å². The average Bonchev–Trinajstić information content (AvgIpc) is 2.27. The lowest BCUT2D eigenvalue weighted by Crippen LogP contribution is -2.67. The zero-order valence-corrected chi connectivity index (χ0v) is 9.86. The van der Waals surface area contributed by atoms with Crippen molar-refractivity contribution in [1.82, 2.24) is 10.2 Å². The molecule has 19 heavy (non-hydrogen) atoms. The number of halogens is 6. The number of morpholine rings is 1. The summed E-state index contributed by atoms with van der Waals surface area (Å²) in [6.45, 7) is -0.0784. The van der Waals surface area contributed by atoms with E-state index in [0.717, 1.165) is 10.2 Å². The van der Waals surface area contributed by atoms with Crippen LogP contribution in [0.4, 0.5) is 31.1 Å². The van der Waals surface area contributed by atoms with Gasteiger partial charge in [-0.15, -0.1) is 0 Å². The highest BCUT2D eigenvalue weighted by Crippen LogP contribution is 2.42. The van der Waals surface area contributed by atoms with E-state index in [1.165, 1.54) is 0 Å². The number of carbonyl (C=O) groups excluding carboxylic acids is 1. The summed E-state index contributed by atoms with van der Waals surface area (Å²) in [6, 6.07) is -1.42. The van der Waals surface area contributed by atoms with Crippen molar-refractivity contribution >= 4 is 6.03 Å². The molecule has 0 aromatic carbocycles. The van der Waals surface area contributed by atoms with Gasteiger partial charge < -0.3 is 15.0 Å². The number of ether oxygens (including phenoxy) is 1. The van der Waals surface area contributed by atoms with Crippen LogP contribution in [0.25, 0.3) is 0 Å². The highest BCUT2D eigenvalue weighted by molar-refractivity contribution is 5.75. The Morgan fingerprint density at radius 3 is 1.84 bits per heavy atom. The number of nitrogens with zero attached hydrogens (tertiary/aromatic N) is 1. The normalized spacial score (nSPS) is 18.4. The molecule has 1 saturated heterocycles. The fourth-order valence-corrected chi connectivity index (χ4v) is 1.36. The Kier molecular flexibility index (Phi) is 4.23. The fourth-order valence-electron chi connectivity index (χ4n) is 1.36. The van der Waals surface area contributed by atoms with Crippen LogP contribution < -0.4 is 5.32 Å². The summed E-state index contributed by atoms with van der Waals surface area (Å²) < 4.78 is 80.1. The lowest BCUT2D eigenvalue weighted by molar-refractivity contribution is -0.298. The number of rotatable bonds is 1. The van der Waals surface area contributed by atoms with Gasteiger partial charge in [-0.2, -0.15) is 26.3 Å². The standard InChI is InChI=1S/C9H12F6N2O2/c1-7(8(10,11)12,9(13,14)15)16-6(18)17-2-4-19-5-3-17/h2-5H2,1H3,(H,16,18). The van der Waals surface area contributed by atoms with E-state index < -0.39 is 23.9 Å². The quantitative estimate of drug-likeness (QED) is 0.751. The predicted octanol–water partition coefficient (Wildman–Crippen LogP) is 1.91. The molecule has 0 aromatic rings. The molecule has 10 heteroatoms. The van der Waals surface area contributed by atoms with Gasteiger partial charge in [0.25, 0.3) is 0 Å². The number of hydrogen-bond donors (Lipinski definition) is 1. The van der Waals surface area contributed by atoms with Gasteiger partial charge in [0.2, 0.25) is 5.54 Å². The Balaban J connectivity index is 2.87. The van der Waals surface area contributed by atoms with Gasteiger partial charge in [0, 0.05) is 13.1 Å². The van der Waals surface area contributed by atoms with Crippen LogP contribution >= 0.6 is 0 Å². The second kappa shape index (κ2) is 5.06. The maximum Gasteiger partial charge on any atom is 0.420 e. The van der Waals surface area contributed by atoms with Crippen LogP contribution in [0.5, 0.6) is 0 Å². The first kappa shape index (κ1) is 15.9. The highest BCUT2D eigenvalue weighted by atomic mass is 19.4. The van der Waals surface area contributed by atoms with Gasteiger partial charge in [-0.05, 0) is 6.92 Å². The highest BCUT2D eigenvalue weighted by Gasteiger charge is 2.68. The summed E-state index contributed by atoms with van der Waals surface area (Å²) in [6.07, 6.45) is -11.3. The summed E-state index contributed by atoms with van der Waals surface area (Å²) in [4.78, 5) is 12.3. The molecule has 0 spiro atoms. The fraction of sp³-hybridized carbons (Fsp3) is 0.889. The van der Waals surface area contributed by atoms with Crippen molar-refractivity contribution in [2.75, 3.05) is 26.3 Å². The Labute approximate surface area is 104 Å². The maximum atomic E-state index is 12.5. The topological polar surface area (TPSA) is 41.6 Å². The van der Waals surface area contributed by atoms with Gasteiger partial charge in [0.05, 0.1) is 13.2 Å². The molecule has 112 valence electrons. The monoisotopic (exact) mass is 294 g/mol. The smallest absolute Gasteiger partial charge is 0.378 e. The summed E-state index contributed by atoms with van der Waals surface area (Å²) in [5.41, 5.74) is -4.28. The van der Waals surface area contributed by atoms with Crippen molar-refractivity contribution < 1.29 is 35.9 Å². The first-order chi connectivity index (χ1) is 8.49. The number of amides is 2. The van der Waals surface area contributed by atoms with E-state index in [2.05, 4.69) is 0 Å². The zero-order chi connectivity index (χ0) is 14.9. The summed E-state index contributed by atoms with van der Waals surface area (Å²) >= 11 is 0. The largest absolute Gasteiger partial charge is 0.420 e. The number of alkyl halides is 6. The van der Waals surface area contributed by atoms with Gasteiger partial charge in [0.15, 0.2) is 0 Å². The molecule has 1 rings (SSSR count). The molecule has 0 atom stereocenters. The van der Waals surface area contributed by atoms with Crippen LogP contribution in [-0.4, -0.2) is 55.1 Å². The lowest BCUT2D eigenvalue weighted by Gasteiger charge is -2.37. The molecular weight excluding hydrogens is 282 g/mol. The molecule has 1 aliphatic rings. The van der Waals surface area contributed by atoms with Crippen molar-refractivity contribution in [3.05, 3.63) is 0 Å². The first-order valence-electron chi connectivity index (χ1n) is 5.27. The second-order valence-corrected chi connectivity index (χ2v) is 4.15. The summed E-state index contributed by atoms with van der Waals surface area (Å²) in [5, 5.41) is 1.02. The minimum atomic E-state index is -5.65. The molecule has 0 aromatic heterocycles. The second-order valence-electron chi connectivity index (χ2n) is 4.15. The molecule has 0 radical (unpaired) electrons.